The molecular formula is C23H21N3O4S. The average molecular weight is 436 g/mol. The van der Waals surface area contributed by atoms with Crippen LogP contribution in [0.4, 0.5) is 11.6 Å². The van der Waals surface area contributed by atoms with Gasteiger partial charge in [0.25, 0.3) is 0 Å². The number of anilines is 2. The van der Waals surface area contributed by atoms with Gasteiger partial charge in [-0.15, -0.1) is 11.3 Å². The van der Waals surface area contributed by atoms with Crippen LogP contribution in [0.15, 0.2) is 47.8 Å². The van der Waals surface area contributed by atoms with Crippen LogP contribution >= 0.6 is 11.3 Å². The first kappa shape index (κ1) is 20.6. The molecule has 0 aliphatic heterocycles. The van der Waals surface area contributed by atoms with Crippen molar-refractivity contribution in [1.82, 2.24) is 9.97 Å². The van der Waals surface area contributed by atoms with E-state index in [1.54, 1.807) is 12.1 Å². The zero-order chi connectivity index (χ0) is 22.0. The highest BCUT2D eigenvalue weighted by Crippen LogP contribution is 2.39. The Morgan fingerprint density at radius 3 is 2.35 bits per heavy atom. The van der Waals surface area contributed by atoms with Gasteiger partial charge in [0, 0.05) is 11.3 Å². The number of aromatic nitrogens is 2. The van der Waals surface area contributed by atoms with Crippen molar-refractivity contribution in [2.75, 3.05) is 26.6 Å². The van der Waals surface area contributed by atoms with Crippen LogP contribution in [-0.4, -0.2) is 37.1 Å². The molecule has 2 heterocycles. The van der Waals surface area contributed by atoms with E-state index in [2.05, 4.69) is 15.3 Å². The monoisotopic (exact) mass is 435 g/mol. The number of carbonyl (C=O) groups is 1. The normalized spacial score (nSPS) is 10.7. The summed E-state index contributed by atoms with van der Waals surface area (Å²) in [5.74, 6) is 1.32. The molecule has 4 rings (SSSR count). The summed E-state index contributed by atoms with van der Waals surface area (Å²) in [4.78, 5) is 22.6. The Labute approximate surface area is 183 Å². The molecule has 4 aromatic rings. The lowest BCUT2D eigenvalue weighted by Gasteiger charge is -2.14. The van der Waals surface area contributed by atoms with Crippen LogP contribution in [0.5, 0.6) is 17.2 Å². The second kappa shape index (κ2) is 8.61. The van der Waals surface area contributed by atoms with Crippen LogP contribution in [0.25, 0.3) is 10.2 Å². The fourth-order valence-electron chi connectivity index (χ4n) is 3.27. The number of rotatable bonds is 7. The van der Waals surface area contributed by atoms with Gasteiger partial charge in [0.15, 0.2) is 11.5 Å². The molecule has 0 bridgehead atoms. The van der Waals surface area contributed by atoms with E-state index in [4.69, 9.17) is 14.2 Å². The summed E-state index contributed by atoms with van der Waals surface area (Å²) in [5.41, 5.74) is 3.34. The van der Waals surface area contributed by atoms with E-state index in [1.807, 2.05) is 42.6 Å². The van der Waals surface area contributed by atoms with Crippen molar-refractivity contribution in [3.63, 3.8) is 0 Å². The number of benzene rings is 2. The zero-order valence-electron chi connectivity index (χ0n) is 17.6. The van der Waals surface area contributed by atoms with E-state index in [9.17, 15) is 4.79 Å². The topological polar surface area (TPSA) is 82.6 Å². The van der Waals surface area contributed by atoms with Gasteiger partial charge in [-0.05, 0) is 48.2 Å². The molecular weight excluding hydrogens is 414 g/mol. The summed E-state index contributed by atoms with van der Waals surface area (Å²) >= 11 is 1.42. The molecule has 0 saturated carbocycles. The number of hydrogen-bond donors (Lipinski definition) is 1. The number of nitrogens with zero attached hydrogens (tertiary/aromatic N) is 2. The van der Waals surface area contributed by atoms with Crippen molar-refractivity contribution < 1.29 is 19.0 Å². The van der Waals surface area contributed by atoms with Gasteiger partial charge in [-0.25, -0.2) is 9.97 Å². The maximum absolute atomic E-state index is 13.5. The van der Waals surface area contributed by atoms with Crippen molar-refractivity contribution in [3.05, 3.63) is 64.7 Å². The lowest BCUT2D eigenvalue weighted by Crippen LogP contribution is -2.09. The lowest BCUT2D eigenvalue weighted by molar-refractivity contribution is 0.103. The first-order chi connectivity index (χ1) is 15.0. The SMILES string of the molecule is COc1cc(C(=O)c2nc(Nc3cccc(C)c3)nc3ccsc23)cc(OC)c1OC. The van der Waals surface area contributed by atoms with Gasteiger partial charge in [-0.2, -0.15) is 0 Å². The fourth-order valence-corrected chi connectivity index (χ4v) is 4.09. The number of methoxy groups -OCH3 is 3. The van der Waals surface area contributed by atoms with Gasteiger partial charge in [-0.3, -0.25) is 4.79 Å². The average Bonchev–Trinajstić information content (AvgIpc) is 3.25. The van der Waals surface area contributed by atoms with E-state index < -0.39 is 0 Å². The Morgan fingerprint density at radius 1 is 0.968 bits per heavy atom. The second-order valence-electron chi connectivity index (χ2n) is 6.77. The predicted octanol–water partition coefficient (Wildman–Crippen LogP) is 5.00. The molecule has 0 spiro atoms. The second-order valence-corrected chi connectivity index (χ2v) is 7.68. The Morgan fingerprint density at radius 2 is 1.71 bits per heavy atom. The van der Waals surface area contributed by atoms with E-state index >= 15 is 0 Å². The number of nitrogens with one attached hydrogen (secondary N) is 1. The zero-order valence-corrected chi connectivity index (χ0v) is 18.4. The minimum absolute atomic E-state index is 0.263. The minimum atomic E-state index is -0.263. The molecule has 2 aromatic heterocycles. The number of carbonyl (C=O) groups excluding carboxylic acids is 1. The van der Waals surface area contributed by atoms with E-state index in [-0.39, 0.29) is 5.78 Å². The Hall–Kier alpha value is -3.65. The van der Waals surface area contributed by atoms with Crippen LogP contribution in [0, 0.1) is 6.92 Å². The van der Waals surface area contributed by atoms with E-state index in [1.165, 1.54) is 32.7 Å². The van der Waals surface area contributed by atoms with Crippen LogP contribution in [-0.2, 0) is 0 Å². The highest BCUT2D eigenvalue weighted by Gasteiger charge is 2.22. The molecule has 0 aliphatic rings. The number of ketones is 1. The van der Waals surface area contributed by atoms with Crippen LogP contribution in [0.1, 0.15) is 21.6 Å². The summed E-state index contributed by atoms with van der Waals surface area (Å²) in [6, 6.07) is 13.0. The van der Waals surface area contributed by atoms with Crippen molar-refractivity contribution in [2.45, 2.75) is 6.92 Å². The molecule has 0 fully saturated rings. The molecule has 158 valence electrons. The highest BCUT2D eigenvalue weighted by atomic mass is 32.1. The molecule has 31 heavy (non-hydrogen) atoms. The Balaban J connectivity index is 1.80. The fraction of sp³-hybridized carbons (Fsp3) is 0.174. The number of thiophene rings is 1. The summed E-state index contributed by atoms with van der Waals surface area (Å²) in [6.07, 6.45) is 0. The van der Waals surface area contributed by atoms with Gasteiger partial charge in [0.1, 0.15) is 5.69 Å². The number of aryl methyl sites for hydroxylation is 1. The third-order valence-corrected chi connectivity index (χ3v) is 5.63. The van der Waals surface area contributed by atoms with Crippen molar-refractivity contribution in [2.24, 2.45) is 0 Å². The summed E-state index contributed by atoms with van der Waals surface area (Å²) in [7, 11) is 4.54. The first-order valence-corrected chi connectivity index (χ1v) is 10.4. The summed E-state index contributed by atoms with van der Waals surface area (Å²) < 4.78 is 16.9. The smallest absolute Gasteiger partial charge is 0.228 e. The van der Waals surface area contributed by atoms with Gasteiger partial charge in [0.05, 0.1) is 31.5 Å². The van der Waals surface area contributed by atoms with Crippen LogP contribution < -0.4 is 19.5 Å². The third-order valence-electron chi connectivity index (χ3n) is 4.72. The first-order valence-electron chi connectivity index (χ1n) is 9.47. The molecule has 0 saturated heterocycles. The number of ether oxygens (including phenoxy) is 3. The Bertz CT molecular complexity index is 1240. The molecule has 0 amide bonds. The standard InChI is InChI=1S/C23H21N3O4S/c1-13-6-5-7-15(10-13)24-23-25-16-8-9-31-22(16)19(26-23)20(27)14-11-17(28-2)21(30-4)18(12-14)29-3/h5-12H,1-4H3,(H,24,25,26). The number of fused-ring (bicyclic) bond motifs is 1. The van der Waals surface area contributed by atoms with Gasteiger partial charge in [-0.1, -0.05) is 12.1 Å². The molecule has 8 heteroatoms. The van der Waals surface area contributed by atoms with Crippen LogP contribution in [0.2, 0.25) is 0 Å². The van der Waals surface area contributed by atoms with Crippen LogP contribution in [0.3, 0.4) is 0 Å². The van der Waals surface area contributed by atoms with Gasteiger partial charge < -0.3 is 19.5 Å². The Kier molecular flexibility index (Phi) is 5.73. The van der Waals surface area contributed by atoms with Crippen molar-refractivity contribution >= 4 is 39.0 Å². The largest absolute Gasteiger partial charge is 0.493 e. The molecule has 1 N–H and O–H groups in total. The summed E-state index contributed by atoms with van der Waals surface area (Å²) in [5, 5.41) is 5.09. The molecule has 0 unspecified atom stereocenters. The lowest BCUT2D eigenvalue weighted by atomic mass is 10.1. The molecule has 0 aliphatic carbocycles. The van der Waals surface area contributed by atoms with Crippen molar-refractivity contribution in [3.8, 4) is 17.2 Å². The highest BCUT2D eigenvalue weighted by molar-refractivity contribution is 7.17. The van der Waals surface area contributed by atoms with E-state index in [0.29, 0.717) is 44.7 Å². The molecule has 0 atom stereocenters. The quantitative estimate of drug-likeness (QED) is 0.409. The molecule has 7 nitrogen and oxygen atoms in total. The van der Waals surface area contributed by atoms with Crippen molar-refractivity contribution in [1.29, 1.82) is 0 Å². The van der Waals surface area contributed by atoms with E-state index in [0.717, 1.165) is 11.3 Å². The number of hydrogen-bond acceptors (Lipinski definition) is 8. The van der Waals surface area contributed by atoms with Gasteiger partial charge in [0.2, 0.25) is 17.5 Å². The minimum Gasteiger partial charge on any atom is -0.493 e. The maximum Gasteiger partial charge on any atom is 0.228 e. The third kappa shape index (κ3) is 4.02. The van der Waals surface area contributed by atoms with Gasteiger partial charge >= 0.3 is 0 Å². The predicted molar refractivity (Wildman–Crippen MR) is 121 cm³/mol. The molecule has 2 aromatic carbocycles. The summed E-state index contributed by atoms with van der Waals surface area (Å²) in [6.45, 7) is 2.01. The maximum atomic E-state index is 13.5. The molecule has 0 radical (unpaired) electrons.